The zero-order valence-electron chi connectivity index (χ0n) is 36.5. The minimum absolute atomic E-state index is 0.0212. The zero-order valence-corrected chi connectivity index (χ0v) is 36.5. The maximum atomic E-state index is 13.2. The third kappa shape index (κ3) is 13.7. The first-order valence-corrected chi connectivity index (χ1v) is 22.9. The van der Waals surface area contributed by atoms with Crippen LogP contribution in [0.25, 0.3) is 6.08 Å². The fourth-order valence-corrected chi connectivity index (χ4v) is 10.2. The number of aromatic hydroxyl groups is 1. The van der Waals surface area contributed by atoms with Gasteiger partial charge in [0.2, 0.25) is 0 Å². The molecule has 3 aromatic rings. The van der Waals surface area contributed by atoms with Crippen molar-refractivity contribution in [3.8, 4) is 11.5 Å². The Morgan fingerprint density at radius 1 is 0.934 bits per heavy atom. The number of piperidine rings is 1. The standard InChI is InChI=1S/C52H70N4O5/c1-54-49-23-21-42-34-55-25-24-47(42)48(49)28-37(14-8-26-57)13-7-15-45(58)33-46(59)22-20-40-31-51(61-2)50(60)30-43(40)29-44-35-56-52(53)32-41(44)19-18-39-12-6-11-38(27-39)17-16-36-9-4-3-5-10-36/h3-6,9-12,20,22,27,30-32,35,37,42,47-49,52,54-57,60H,7-8,13-19,21,23-26,28-29,33-34,53H2,1-2H3/b22-20+/t37-,42+,47-,48-,49+,52?/m0/s1. The first-order chi connectivity index (χ1) is 29.7. The number of methoxy groups -OCH3 is 1. The highest BCUT2D eigenvalue weighted by Gasteiger charge is 2.40. The first kappa shape index (κ1) is 46.0. The number of dihydropyridines is 1. The number of aryl methyl sites for hydroxylation is 3. The number of rotatable bonds is 23. The topological polar surface area (TPSA) is 146 Å². The Balaban J connectivity index is 1.04. The van der Waals surface area contributed by atoms with Crippen LogP contribution in [0.2, 0.25) is 0 Å². The summed E-state index contributed by atoms with van der Waals surface area (Å²) in [6.45, 7) is 2.39. The van der Waals surface area contributed by atoms with E-state index in [0.717, 1.165) is 105 Å². The van der Waals surface area contributed by atoms with Gasteiger partial charge in [-0.1, -0.05) is 67.1 Å². The summed E-state index contributed by atoms with van der Waals surface area (Å²) in [6, 6.07) is 23.3. The van der Waals surface area contributed by atoms with E-state index in [4.69, 9.17) is 10.5 Å². The fraction of sp³-hybridized carbons (Fsp3) is 0.500. The van der Waals surface area contributed by atoms with Crippen LogP contribution in [0.5, 0.6) is 11.5 Å². The molecule has 1 aliphatic carbocycles. The number of phenols is 1. The summed E-state index contributed by atoms with van der Waals surface area (Å²) < 4.78 is 5.45. The first-order valence-electron chi connectivity index (χ1n) is 22.9. The number of Topliss-reactive ketones (excluding diaryl/α,β-unsaturated/α-hetero) is 1. The number of fused-ring (bicyclic) bond motifs is 1. The van der Waals surface area contributed by atoms with Gasteiger partial charge in [0.15, 0.2) is 17.3 Å². The molecular formula is C52H70N4O5. The van der Waals surface area contributed by atoms with Gasteiger partial charge in [-0.15, -0.1) is 0 Å². The summed E-state index contributed by atoms with van der Waals surface area (Å²) in [5.41, 5.74) is 14.0. The number of nitrogens with one attached hydrogen (secondary N) is 3. The second-order valence-electron chi connectivity index (χ2n) is 17.7. The Morgan fingerprint density at radius 3 is 2.46 bits per heavy atom. The van der Waals surface area contributed by atoms with E-state index >= 15 is 0 Å². The van der Waals surface area contributed by atoms with Gasteiger partial charge in [0.1, 0.15) is 5.78 Å². The molecule has 1 saturated carbocycles. The summed E-state index contributed by atoms with van der Waals surface area (Å²) >= 11 is 0. The lowest BCUT2D eigenvalue weighted by Crippen LogP contribution is -2.50. The Labute approximate surface area is 364 Å². The van der Waals surface area contributed by atoms with Gasteiger partial charge in [0, 0.05) is 25.3 Å². The maximum Gasteiger partial charge on any atom is 0.163 e. The molecule has 61 heavy (non-hydrogen) atoms. The van der Waals surface area contributed by atoms with Crippen LogP contribution in [-0.4, -0.2) is 67.8 Å². The van der Waals surface area contributed by atoms with Crippen LogP contribution in [0.4, 0.5) is 0 Å². The van der Waals surface area contributed by atoms with E-state index in [-0.39, 0.29) is 36.5 Å². The number of hydrogen-bond acceptors (Lipinski definition) is 9. The van der Waals surface area contributed by atoms with Crippen LogP contribution in [-0.2, 0) is 35.3 Å². The molecule has 0 spiro atoms. The smallest absolute Gasteiger partial charge is 0.163 e. The number of aliphatic hydroxyl groups is 1. The van der Waals surface area contributed by atoms with E-state index < -0.39 is 0 Å². The molecule has 1 unspecified atom stereocenters. The maximum absolute atomic E-state index is 13.2. The van der Waals surface area contributed by atoms with Gasteiger partial charge in [-0.05, 0) is 184 Å². The lowest BCUT2D eigenvalue weighted by Gasteiger charge is -2.47. The van der Waals surface area contributed by atoms with Crippen LogP contribution in [0.1, 0.15) is 98.4 Å². The molecule has 1 saturated heterocycles. The third-order valence-electron chi connectivity index (χ3n) is 13.5. The molecule has 9 nitrogen and oxygen atoms in total. The number of ether oxygens (including phenoxy) is 1. The predicted octanol–water partition coefficient (Wildman–Crippen LogP) is 7.77. The second-order valence-corrected chi connectivity index (χ2v) is 17.7. The number of carbonyl (C=O) groups is 2. The number of benzene rings is 3. The van der Waals surface area contributed by atoms with Gasteiger partial charge in [-0.2, -0.15) is 0 Å². The van der Waals surface area contributed by atoms with Crippen molar-refractivity contribution in [3.05, 3.63) is 124 Å². The predicted molar refractivity (Wildman–Crippen MR) is 246 cm³/mol. The van der Waals surface area contributed by atoms with Crippen molar-refractivity contribution in [2.24, 2.45) is 29.4 Å². The molecule has 2 aliphatic heterocycles. The van der Waals surface area contributed by atoms with Crippen molar-refractivity contribution < 1.29 is 24.5 Å². The molecule has 0 bridgehead atoms. The highest BCUT2D eigenvalue weighted by atomic mass is 16.5. The Hall–Kier alpha value is -4.54. The van der Waals surface area contributed by atoms with E-state index in [9.17, 15) is 19.8 Å². The van der Waals surface area contributed by atoms with Crippen LogP contribution in [0.15, 0.2) is 96.2 Å². The van der Waals surface area contributed by atoms with Crippen LogP contribution in [0.3, 0.4) is 0 Å². The van der Waals surface area contributed by atoms with E-state index in [2.05, 4.69) is 77.6 Å². The van der Waals surface area contributed by atoms with Gasteiger partial charge >= 0.3 is 0 Å². The van der Waals surface area contributed by atoms with Gasteiger partial charge in [-0.3, -0.25) is 9.59 Å². The van der Waals surface area contributed by atoms with Crippen molar-refractivity contribution in [2.75, 3.05) is 33.9 Å². The molecule has 2 heterocycles. The van der Waals surface area contributed by atoms with E-state index in [1.807, 2.05) is 12.3 Å². The van der Waals surface area contributed by atoms with Crippen molar-refractivity contribution in [1.29, 1.82) is 0 Å². The van der Waals surface area contributed by atoms with Crippen molar-refractivity contribution in [3.63, 3.8) is 0 Å². The van der Waals surface area contributed by atoms with Gasteiger partial charge in [-0.25, -0.2) is 0 Å². The summed E-state index contributed by atoms with van der Waals surface area (Å²) in [4.78, 5) is 26.4. The molecule has 7 N–H and O–H groups in total. The van der Waals surface area contributed by atoms with Crippen LogP contribution in [0, 0.1) is 23.7 Å². The molecule has 2 fully saturated rings. The van der Waals surface area contributed by atoms with Crippen molar-refractivity contribution in [2.45, 2.75) is 109 Å². The number of allylic oxidation sites excluding steroid dienone is 3. The number of nitrogens with two attached hydrogens (primary N) is 1. The molecule has 0 amide bonds. The minimum Gasteiger partial charge on any atom is -0.504 e. The molecule has 328 valence electrons. The Morgan fingerprint density at radius 2 is 1.69 bits per heavy atom. The van der Waals surface area contributed by atoms with Gasteiger partial charge in [0.25, 0.3) is 0 Å². The Bertz CT molecular complexity index is 1980. The van der Waals surface area contributed by atoms with Crippen molar-refractivity contribution in [1.82, 2.24) is 16.0 Å². The van der Waals surface area contributed by atoms with E-state index in [1.165, 1.54) is 49.1 Å². The average Bonchev–Trinajstić information content (AvgIpc) is 3.27. The summed E-state index contributed by atoms with van der Waals surface area (Å²) in [5.74, 6) is 2.58. The van der Waals surface area contributed by atoms with Gasteiger partial charge < -0.3 is 36.6 Å². The summed E-state index contributed by atoms with van der Waals surface area (Å²) in [6.07, 6.45) is 19.6. The second kappa shape index (κ2) is 23.6. The number of ketones is 2. The third-order valence-corrected chi connectivity index (χ3v) is 13.5. The molecule has 9 heteroatoms. The summed E-state index contributed by atoms with van der Waals surface area (Å²) in [7, 11) is 3.60. The SMILES string of the molecule is CN[C@@H]1CC[C@@H]2CNCC[C@@H]2[C@@H]1C[C@H](CCCO)CCCC(=O)CC(=O)/C=C/c1cc(OC)c(O)cc1CC1=CNC(N)C=C1CCc1cccc(CCc2ccccc2)c1. The van der Waals surface area contributed by atoms with E-state index in [1.54, 1.807) is 18.2 Å². The van der Waals surface area contributed by atoms with Crippen LogP contribution < -0.4 is 26.4 Å². The number of carbonyl (C=O) groups excluding carboxylic acids is 2. The molecular weight excluding hydrogens is 761 g/mol. The fourth-order valence-electron chi connectivity index (χ4n) is 10.2. The van der Waals surface area contributed by atoms with Gasteiger partial charge in [0.05, 0.1) is 19.7 Å². The molecule has 0 radical (unpaired) electrons. The minimum atomic E-state index is -0.300. The monoisotopic (exact) mass is 831 g/mol. The molecule has 0 aromatic heterocycles. The van der Waals surface area contributed by atoms with Crippen molar-refractivity contribution >= 4 is 17.6 Å². The molecule has 3 aliphatic rings. The number of hydrogen-bond donors (Lipinski definition) is 6. The zero-order chi connectivity index (χ0) is 43.0. The van der Waals surface area contributed by atoms with E-state index in [0.29, 0.717) is 36.5 Å². The van der Waals surface area contributed by atoms with Crippen LogP contribution >= 0.6 is 0 Å². The molecule has 6 rings (SSSR count). The number of aliphatic hydroxyl groups excluding tert-OH is 1. The number of phenolic OH excluding ortho intramolecular Hbond substituents is 1. The Kier molecular flexibility index (Phi) is 17.8. The lowest BCUT2D eigenvalue weighted by atomic mass is 9.64. The normalized spacial score (nSPS) is 21.9. The average molecular weight is 831 g/mol. The largest absolute Gasteiger partial charge is 0.504 e. The quantitative estimate of drug-likeness (QED) is 0.0417. The summed E-state index contributed by atoms with van der Waals surface area (Å²) in [5, 5.41) is 31.0. The highest BCUT2D eigenvalue weighted by molar-refractivity contribution is 6.06. The molecule has 6 atom stereocenters. The lowest BCUT2D eigenvalue weighted by molar-refractivity contribution is -0.124. The molecule has 3 aromatic carbocycles. The highest BCUT2D eigenvalue weighted by Crippen LogP contribution is 2.43.